The molecule has 2 amide bonds. The molecule has 1 aromatic rings. The fourth-order valence-corrected chi connectivity index (χ4v) is 1.50. The zero-order valence-corrected chi connectivity index (χ0v) is 11.8. The highest BCUT2D eigenvalue weighted by molar-refractivity contribution is 6.03. The second kappa shape index (κ2) is 7.10. The van der Waals surface area contributed by atoms with Crippen LogP contribution in [0.3, 0.4) is 0 Å². The highest BCUT2D eigenvalue weighted by atomic mass is 19.4. The number of carbonyl (C=O) groups excluding carboxylic acids is 2. The Balaban J connectivity index is 2.57. The summed E-state index contributed by atoms with van der Waals surface area (Å²) in [5.74, 6) is -0.871. The van der Waals surface area contributed by atoms with Crippen molar-refractivity contribution >= 4 is 17.5 Å². The van der Waals surface area contributed by atoms with Crippen LogP contribution < -0.4 is 10.6 Å². The molecule has 7 heteroatoms. The summed E-state index contributed by atoms with van der Waals surface area (Å²) in [6, 6.07) is 4.26. The maximum absolute atomic E-state index is 12.5. The summed E-state index contributed by atoms with van der Waals surface area (Å²) < 4.78 is 37.5. The van der Waals surface area contributed by atoms with Crippen LogP contribution in [0.5, 0.6) is 0 Å². The first-order valence-electron chi connectivity index (χ1n) is 6.42. The number of benzene rings is 1. The van der Waals surface area contributed by atoms with E-state index in [0.717, 1.165) is 12.1 Å². The molecule has 0 unspecified atom stereocenters. The lowest BCUT2D eigenvalue weighted by molar-refractivity contribution is -0.137. The summed E-state index contributed by atoms with van der Waals surface area (Å²) in [5.41, 5.74) is -0.851. The quantitative estimate of drug-likeness (QED) is 0.822. The van der Waals surface area contributed by atoms with E-state index in [-0.39, 0.29) is 11.6 Å². The minimum atomic E-state index is -4.48. The summed E-state index contributed by atoms with van der Waals surface area (Å²) >= 11 is 0. The van der Waals surface area contributed by atoms with E-state index in [1.807, 2.05) is 13.8 Å². The van der Waals surface area contributed by atoms with Gasteiger partial charge in [-0.05, 0) is 24.1 Å². The van der Waals surface area contributed by atoms with Crippen molar-refractivity contribution in [2.45, 2.75) is 26.4 Å². The molecule has 0 radical (unpaired) electrons. The maximum Gasteiger partial charge on any atom is 0.416 e. The molecule has 0 atom stereocenters. The zero-order chi connectivity index (χ0) is 16.0. The molecule has 2 N–H and O–H groups in total. The van der Waals surface area contributed by atoms with Gasteiger partial charge in [-0.25, -0.2) is 0 Å². The average Bonchev–Trinajstić information content (AvgIpc) is 2.35. The number of anilines is 1. The van der Waals surface area contributed by atoms with E-state index in [1.54, 1.807) is 0 Å². The molecular weight excluding hydrogens is 285 g/mol. The molecule has 1 aromatic carbocycles. The summed E-state index contributed by atoms with van der Waals surface area (Å²) in [6.07, 6.45) is -4.90. The third-order valence-electron chi connectivity index (χ3n) is 2.50. The molecule has 0 saturated heterocycles. The van der Waals surface area contributed by atoms with Gasteiger partial charge in [0.15, 0.2) is 0 Å². The molecule has 0 aromatic heterocycles. The maximum atomic E-state index is 12.5. The number of alkyl halides is 3. The minimum Gasteiger partial charge on any atom is -0.355 e. The Morgan fingerprint density at radius 2 is 1.86 bits per heavy atom. The lowest BCUT2D eigenvalue weighted by atomic mass is 10.2. The Kier molecular flexibility index (Phi) is 5.75. The summed E-state index contributed by atoms with van der Waals surface area (Å²) in [6.45, 7) is 4.25. The van der Waals surface area contributed by atoms with E-state index in [1.165, 1.54) is 12.1 Å². The molecule has 0 saturated carbocycles. The summed E-state index contributed by atoms with van der Waals surface area (Å²) in [7, 11) is 0. The highest BCUT2D eigenvalue weighted by Gasteiger charge is 2.30. The lowest BCUT2D eigenvalue weighted by Gasteiger charge is -2.10. The standard InChI is InChI=1S/C14H17F3N2O2/c1-9(2)8-18-12(20)7-13(21)19-11-5-3-4-10(6-11)14(15,16)17/h3-6,9H,7-8H2,1-2H3,(H,18,20)(H,19,21). The van der Waals surface area contributed by atoms with Crippen molar-refractivity contribution in [3.8, 4) is 0 Å². The first-order valence-corrected chi connectivity index (χ1v) is 6.42. The van der Waals surface area contributed by atoms with Crippen molar-refractivity contribution in [3.63, 3.8) is 0 Å². The number of amides is 2. The number of halogens is 3. The van der Waals surface area contributed by atoms with Gasteiger partial charge in [0, 0.05) is 12.2 Å². The fourth-order valence-electron chi connectivity index (χ4n) is 1.50. The predicted octanol–water partition coefficient (Wildman–Crippen LogP) is 2.81. The van der Waals surface area contributed by atoms with Gasteiger partial charge in [-0.1, -0.05) is 19.9 Å². The van der Waals surface area contributed by atoms with Crippen LogP contribution in [0.2, 0.25) is 0 Å². The first-order chi connectivity index (χ1) is 9.68. The molecule has 0 aliphatic rings. The zero-order valence-electron chi connectivity index (χ0n) is 11.8. The van der Waals surface area contributed by atoms with E-state index in [9.17, 15) is 22.8 Å². The predicted molar refractivity (Wildman–Crippen MR) is 72.5 cm³/mol. The SMILES string of the molecule is CC(C)CNC(=O)CC(=O)Nc1cccc(C(F)(F)F)c1. The molecular formula is C14H17F3N2O2. The third kappa shape index (κ3) is 6.29. The third-order valence-corrected chi connectivity index (χ3v) is 2.50. The van der Waals surface area contributed by atoms with E-state index >= 15 is 0 Å². The molecule has 0 spiro atoms. The van der Waals surface area contributed by atoms with Crippen molar-refractivity contribution in [1.29, 1.82) is 0 Å². The lowest BCUT2D eigenvalue weighted by Crippen LogP contribution is -2.30. The Morgan fingerprint density at radius 1 is 1.19 bits per heavy atom. The van der Waals surface area contributed by atoms with Crippen LogP contribution >= 0.6 is 0 Å². The Labute approximate surface area is 120 Å². The number of hydrogen-bond acceptors (Lipinski definition) is 2. The normalized spacial score (nSPS) is 11.3. The second-order valence-electron chi connectivity index (χ2n) is 5.00. The van der Waals surface area contributed by atoms with E-state index in [4.69, 9.17) is 0 Å². The number of hydrogen-bond donors (Lipinski definition) is 2. The van der Waals surface area contributed by atoms with Gasteiger partial charge < -0.3 is 10.6 Å². The summed E-state index contributed by atoms with van der Waals surface area (Å²) in [5, 5.41) is 4.83. The molecule has 0 heterocycles. The molecule has 0 fully saturated rings. The molecule has 0 aliphatic heterocycles. The molecule has 1 rings (SSSR count). The monoisotopic (exact) mass is 302 g/mol. The van der Waals surface area contributed by atoms with Gasteiger partial charge in [0.2, 0.25) is 11.8 Å². The Morgan fingerprint density at radius 3 is 2.43 bits per heavy atom. The van der Waals surface area contributed by atoms with Crippen molar-refractivity contribution in [2.75, 3.05) is 11.9 Å². The van der Waals surface area contributed by atoms with Gasteiger partial charge in [-0.15, -0.1) is 0 Å². The van der Waals surface area contributed by atoms with Crippen molar-refractivity contribution in [1.82, 2.24) is 5.32 Å². The molecule has 21 heavy (non-hydrogen) atoms. The number of nitrogens with one attached hydrogen (secondary N) is 2. The van der Waals surface area contributed by atoms with E-state index in [0.29, 0.717) is 6.54 Å². The van der Waals surface area contributed by atoms with Gasteiger partial charge in [0.25, 0.3) is 0 Å². The highest BCUT2D eigenvalue weighted by Crippen LogP contribution is 2.30. The molecule has 4 nitrogen and oxygen atoms in total. The number of carbonyl (C=O) groups is 2. The van der Waals surface area contributed by atoms with Crippen LogP contribution in [0.25, 0.3) is 0 Å². The second-order valence-corrected chi connectivity index (χ2v) is 5.00. The largest absolute Gasteiger partial charge is 0.416 e. The van der Waals surface area contributed by atoms with Crippen LogP contribution in [0.1, 0.15) is 25.8 Å². The van der Waals surface area contributed by atoms with Crippen molar-refractivity contribution < 1.29 is 22.8 Å². The van der Waals surface area contributed by atoms with Crippen LogP contribution in [-0.4, -0.2) is 18.4 Å². The van der Waals surface area contributed by atoms with Crippen LogP contribution in [0.15, 0.2) is 24.3 Å². The average molecular weight is 302 g/mol. The van der Waals surface area contributed by atoms with Crippen LogP contribution in [0, 0.1) is 5.92 Å². The molecule has 0 bridgehead atoms. The van der Waals surface area contributed by atoms with Crippen LogP contribution in [-0.2, 0) is 15.8 Å². The smallest absolute Gasteiger partial charge is 0.355 e. The van der Waals surface area contributed by atoms with Gasteiger partial charge in [-0.3, -0.25) is 9.59 Å². The first kappa shape index (κ1) is 17.0. The van der Waals surface area contributed by atoms with Crippen molar-refractivity contribution in [3.05, 3.63) is 29.8 Å². The van der Waals surface area contributed by atoms with Crippen molar-refractivity contribution in [2.24, 2.45) is 5.92 Å². The van der Waals surface area contributed by atoms with Gasteiger partial charge in [0.1, 0.15) is 6.42 Å². The topological polar surface area (TPSA) is 58.2 Å². The van der Waals surface area contributed by atoms with E-state index in [2.05, 4.69) is 10.6 Å². The fraction of sp³-hybridized carbons (Fsp3) is 0.429. The minimum absolute atomic E-state index is 0.00600. The summed E-state index contributed by atoms with van der Waals surface area (Å²) in [4.78, 5) is 23.0. The van der Waals surface area contributed by atoms with Gasteiger partial charge in [0.05, 0.1) is 5.56 Å². The Hall–Kier alpha value is -2.05. The van der Waals surface area contributed by atoms with E-state index < -0.39 is 30.0 Å². The van der Waals surface area contributed by atoms with Gasteiger partial charge in [-0.2, -0.15) is 13.2 Å². The van der Waals surface area contributed by atoms with Crippen LogP contribution in [0.4, 0.5) is 18.9 Å². The molecule has 116 valence electrons. The Bertz CT molecular complexity index is 513. The van der Waals surface area contributed by atoms with Gasteiger partial charge >= 0.3 is 6.18 Å². The molecule has 0 aliphatic carbocycles. The number of rotatable bonds is 5.